The fourth-order valence-electron chi connectivity index (χ4n) is 2.95. The van der Waals surface area contributed by atoms with Crippen LogP contribution in [0.5, 0.6) is 0 Å². The number of amides is 1. The molecule has 1 saturated heterocycles. The number of piperidine rings is 1. The van der Waals surface area contributed by atoms with E-state index >= 15 is 0 Å². The summed E-state index contributed by atoms with van der Waals surface area (Å²) in [5.74, 6) is 0.470. The molecule has 2 rings (SSSR count). The fraction of sp³-hybridized carbons (Fsp3) is 0.588. The summed E-state index contributed by atoms with van der Waals surface area (Å²) in [6, 6.07) is 6.33. The van der Waals surface area contributed by atoms with Crippen LogP contribution in [0, 0.1) is 5.92 Å². The number of hydrogen-bond acceptors (Lipinski definition) is 4. The van der Waals surface area contributed by atoms with Crippen LogP contribution in [0.2, 0.25) is 0 Å². The van der Waals surface area contributed by atoms with Gasteiger partial charge in [-0.05, 0) is 70.5 Å². The highest BCUT2D eigenvalue weighted by Crippen LogP contribution is 2.20. The van der Waals surface area contributed by atoms with Gasteiger partial charge >= 0.3 is 0 Å². The maximum absolute atomic E-state index is 12.6. The van der Waals surface area contributed by atoms with Gasteiger partial charge in [0.1, 0.15) is 0 Å². The molecule has 1 amide bonds. The van der Waals surface area contributed by atoms with E-state index in [4.69, 9.17) is 0 Å². The number of hydrogen-bond donors (Lipinski definition) is 1. The van der Waals surface area contributed by atoms with E-state index in [1.54, 1.807) is 26.0 Å². The van der Waals surface area contributed by atoms with E-state index in [0.717, 1.165) is 32.5 Å². The van der Waals surface area contributed by atoms with Crippen LogP contribution in [-0.2, 0) is 9.84 Å². The van der Waals surface area contributed by atoms with Gasteiger partial charge in [0, 0.05) is 18.7 Å². The molecule has 0 bridgehead atoms. The van der Waals surface area contributed by atoms with Crippen LogP contribution in [-0.4, -0.2) is 51.2 Å². The van der Waals surface area contributed by atoms with E-state index in [0.29, 0.717) is 11.5 Å². The molecule has 1 aliphatic heterocycles. The molecule has 128 valence electrons. The smallest absolute Gasteiger partial charge is 0.253 e. The third-order valence-electron chi connectivity index (χ3n) is 4.35. The van der Waals surface area contributed by atoms with Gasteiger partial charge in [0.05, 0.1) is 10.1 Å². The molecule has 23 heavy (non-hydrogen) atoms. The second kappa shape index (κ2) is 7.45. The van der Waals surface area contributed by atoms with Gasteiger partial charge in [-0.1, -0.05) is 0 Å². The molecule has 1 aromatic carbocycles. The SMILES string of the molecule is CNCC1CCCN(C(=O)c2ccc(S(=O)(=O)C(C)C)cc2)C1. The van der Waals surface area contributed by atoms with Gasteiger partial charge in [-0.15, -0.1) is 0 Å². The second-order valence-corrected chi connectivity index (χ2v) is 8.94. The first-order valence-corrected chi connectivity index (χ1v) is 9.68. The van der Waals surface area contributed by atoms with Crippen LogP contribution < -0.4 is 5.32 Å². The quantitative estimate of drug-likeness (QED) is 0.891. The van der Waals surface area contributed by atoms with Gasteiger partial charge in [0.15, 0.2) is 9.84 Å². The summed E-state index contributed by atoms with van der Waals surface area (Å²) in [6.07, 6.45) is 2.15. The third kappa shape index (κ3) is 4.12. The largest absolute Gasteiger partial charge is 0.338 e. The van der Waals surface area contributed by atoms with Crippen molar-refractivity contribution in [3.8, 4) is 0 Å². The highest BCUT2D eigenvalue weighted by molar-refractivity contribution is 7.92. The van der Waals surface area contributed by atoms with Crippen LogP contribution in [0.15, 0.2) is 29.2 Å². The summed E-state index contributed by atoms with van der Waals surface area (Å²) in [4.78, 5) is 14.7. The Morgan fingerprint density at radius 1 is 1.30 bits per heavy atom. The van der Waals surface area contributed by atoms with Gasteiger partial charge in [-0.2, -0.15) is 0 Å². The molecular weight excluding hydrogens is 312 g/mol. The minimum atomic E-state index is -3.29. The zero-order valence-corrected chi connectivity index (χ0v) is 14.9. The summed E-state index contributed by atoms with van der Waals surface area (Å²) in [7, 11) is -1.37. The molecule has 0 saturated carbocycles. The Labute approximate surface area is 139 Å². The maximum atomic E-state index is 12.6. The van der Waals surface area contributed by atoms with Crippen molar-refractivity contribution >= 4 is 15.7 Å². The first-order valence-electron chi connectivity index (χ1n) is 8.14. The Hall–Kier alpha value is -1.40. The third-order valence-corrected chi connectivity index (χ3v) is 6.52. The molecule has 0 aliphatic carbocycles. The Bertz CT molecular complexity index is 636. The minimum absolute atomic E-state index is 0.0145. The van der Waals surface area contributed by atoms with E-state index in [-0.39, 0.29) is 10.8 Å². The van der Waals surface area contributed by atoms with Crippen molar-refractivity contribution in [1.82, 2.24) is 10.2 Å². The van der Waals surface area contributed by atoms with Gasteiger partial charge in [-0.3, -0.25) is 4.79 Å². The summed E-state index contributed by atoms with van der Waals surface area (Å²) < 4.78 is 24.3. The topological polar surface area (TPSA) is 66.5 Å². The minimum Gasteiger partial charge on any atom is -0.338 e. The number of nitrogens with zero attached hydrogens (tertiary/aromatic N) is 1. The average Bonchev–Trinajstić information content (AvgIpc) is 2.54. The summed E-state index contributed by atoms with van der Waals surface area (Å²) in [5.41, 5.74) is 0.554. The normalized spacial score (nSPS) is 19.1. The summed E-state index contributed by atoms with van der Waals surface area (Å²) >= 11 is 0. The standard InChI is InChI=1S/C17H26N2O3S/c1-13(2)23(21,22)16-8-6-15(7-9-16)17(20)19-10-4-5-14(12-19)11-18-3/h6-9,13-14,18H,4-5,10-12H2,1-3H3. The van der Waals surface area contributed by atoms with E-state index in [1.165, 1.54) is 12.1 Å². The molecule has 0 aromatic heterocycles. The molecule has 1 aromatic rings. The molecule has 1 fully saturated rings. The van der Waals surface area contributed by atoms with Crippen LogP contribution in [0.4, 0.5) is 0 Å². The molecule has 1 atom stereocenters. The highest BCUT2D eigenvalue weighted by Gasteiger charge is 2.25. The second-order valence-electron chi connectivity index (χ2n) is 6.44. The summed E-state index contributed by atoms with van der Waals surface area (Å²) in [6.45, 7) is 5.75. The summed E-state index contributed by atoms with van der Waals surface area (Å²) in [5, 5.41) is 2.70. The van der Waals surface area contributed by atoms with Crippen molar-refractivity contribution in [2.75, 3.05) is 26.7 Å². The van der Waals surface area contributed by atoms with Crippen LogP contribution >= 0.6 is 0 Å². The lowest BCUT2D eigenvalue weighted by atomic mass is 9.97. The predicted octanol–water partition coefficient (Wildman–Crippen LogP) is 1.94. The van der Waals surface area contributed by atoms with Crippen molar-refractivity contribution in [2.24, 2.45) is 5.92 Å². The van der Waals surface area contributed by atoms with E-state index in [2.05, 4.69) is 5.32 Å². The van der Waals surface area contributed by atoms with Gasteiger partial charge in [-0.25, -0.2) is 8.42 Å². The van der Waals surface area contributed by atoms with Gasteiger partial charge in [0.2, 0.25) is 0 Å². The fourth-order valence-corrected chi connectivity index (χ4v) is 4.01. The van der Waals surface area contributed by atoms with E-state index in [9.17, 15) is 13.2 Å². The molecule has 1 unspecified atom stereocenters. The Kier molecular flexibility index (Phi) is 5.81. The van der Waals surface area contributed by atoms with E-state index < -0.39 is 15.1 Å². The Balaban J connectivity index is 2.11. The Morgan fingerprint density at radius 2 is 1.96 bits per heavy atom. The number of rotatable bonds is 5. The van der Waals surface area contributed by atoms with Crippen molar-refractivity contribution in [2.45, 2.75) is 36.8 Å². The van der Waals surface area contributed by atoms with Crippen LogP contribution in [0.1, 0.15) is 37.0 Å². The highest BCUT2D eigenvalue weighted by atomic mass is 32.2. The van der Waals surface area contributed by atoms with Crippen molar-refractivity contribution in [1.29, 1.82) is 0 Å². The molecule has 5 nitrogen and oxygen atoms in total. The number of sulfone groups is 1. The lowest BCUT2D eigenvalue weighted by Crippen LogP contribution is -2.42. The van der Waals surface area contributed by atoms with Crippen LogP contribution in [0.25, 0.3) is 0 Å². The number of carbonyl (C=O) groups excluding carboxylic acids is 1. The molecule has 1 heterocycles. The lowest BCUT2D eigenvalue weighted by molar-refractivity contribution is 0.0674. The van der Waals surface area contributed by atoms with Crippen molar-refractivity contribution in [3.63, 3.8) is 0 Å². The first-order chi connectivity index (χ1) is 10.9. The van der Waals surface area contributed by atoms with E-state index in [1.807, 2.05) is 11.9 Å². The number of benzene rings is 1. The van der Waals surface area contributed by atoms with Crippen molar-refractivity contribution in [3.05, 3.63) is 29.8 Å². The number of likely N-dealkylation sites (tertiary alicyclic amines) is 1. The molecule has 1 N–H and O–H groups in total. The number of nitrogens with one attached hydrogen (secondary N) is 1. The zero-order valence-electron chi connectivity index (χ0n) is 14.1. The van der Waals surface area contributed by atoms with Gasteiger partial charge < -0.3 is 10.2 Å². The maximum Gasteiger partial charge on any atom is 0.253 e. The average molecular weight is 338 g/mol. The molecular formula is C17H26N2O3S. The number of carbonyl (C=O) groups is 1. The molecule has 6 heteroatoms. The monoisotopic (exact) mass is 338 g/mol. The zero-order chi connectivity index (χ0) is 17.0. The molecule has 0 radical (unpaired) electrons. The molecule has 1 aliphatic rings. The first kappa shape index (κ1) is 17.9. The predicted molar refractivity (Wildman–Crippen MR) is 91.3 cm³/mol. The Morgan fingerprint density at radius 3 is 2.52 bits per heavy atom. The van der Waals surface area contributed by atoms with Gasteiger partial charge in [0.25, 0.3) is 5.91 Å². The lowest BCUT2D eigenvalue weighted by Gasteiger charge is -2.32. The van der Waals surface area contributed by atoms with Crippen molar-refractivity contribution < 1.29 is 13.2 Å². The van der Waals surface area contributed by atoms with Crippen LogP contribution in [0.3, 0.4) is 0 Å². The molecule has 0 spiro atoms.